The maximum Gasteiger partial charge on any atom is 0.236 e. The molecule has 0 radical (unpaired) electrons. The lowest BCUT2D eigenvalue weighted by molar-refractivity contribution is -0.142. The molecule has 0 bridgehead atoms. The minimum atomic E-state index is -1.10. The standard InChI is InChI=1S/C11H19N3O5/c12-9(13-18)11(1-3-19-4-2-11)10(17)14-5-7(15)8(16)6-14/h7-8,15-16,18H,1-6H2,(H2,12,13). The number of amides is 1. The van der Waals surface area contributed by atoms with Crippen molar-refractivity contribution in [1.82, 2.24) is 4.90 Å². The van der Waals surface area contributed by atoms with Crippen molar-refractivity contribution < 1.29 is 25.0 Å². The first-order valence-electron chi connectivity index (χ1n) is 6.22. The van der Waals surface area contributed by atoms with Crippen molar-refractivity contribution in [3.63, 3.8) is 0 Å². The lowest BCUT2D eigenvalue weighted by Gasteiger charge is -2.37. The van der Waals surface area contributed by atoms with Gasteiger partial charge in [0.15, 0.2) is 5.84 Å². The summed E-state index contributed by atoms with van der Waals surface area (Å²) in [5.74, 6) is -0.474. The predicted octanol–water partition coefficient (Wildman–Crippen LogP) is -1.91. The predicted molar refractivity (Wildman–Crippen MR) is 64.5 cm³/mol. The van der Waals surface area contributed by atoms with Gasteiger partial charge in [0, 0.05) is 26.3 Å². The zero-order chi connectivity index (χ0) is 14.0. The SMILES string of the molecule is NC(=NO)C1(C(=O)N2CC(O)C(O)C2)CCOCC1. The quantitative estimate of drug-likeness (QED) is 0.201. The molecule has 2 rings (SSSR count). The van der Waals surface area contributed by atoms with Crippen molar-refractivity contribution in [3.8, 4) is 0 Å². The molecule has 8 nitrogen and oxygen atoms in total. The highest BCUT2D eigenvalue weighted by molar-refractivity contribution is 6.07. The van der Waals surface area contributed by atoms with E-state index in [2.05, 4.69) is 5.16 Å². The van der Waals surface area contributed by atoms with E-state index in [4.69, 9.17) is 15.7 Å². The zero-order valence-electron chi connectivity index (χ0n) is 10.5. The van der Waals surface area contributed by atoms with Gasteiger partial charge < -0.3 is 30.8 Å². The van der Waals surface area contributed by atoms with Gasteiger partial charge in [-0.3, -0.25) is 4.79 Å². The first-order chi connectivity index (χ1) is 9.01. The second-order valence-corrected chi connectivity index (χ2v) is 5.02. The number of nitrogens with zero attached hydrogens (tertiary/aromatic N) is 2. The Labute approximate surface area is 110 Å². The molecule has 19 heavy (non-hydrogen) atoms. The summed E-state index contributed by atoms with van der Waals surface area (Å²) in [4.78, 5) is 13.9. The number of β-amino-alcohol motifs (C(OH)–C–C–N with tert-alkyl or cyclic N) is 2. The van der Waals surface area contributed by atoms with Gasteiger partial charge in [-0.25, -0.2) is 0 Å². The van der Waals surface area contributed by atoms with E-state index in [1.54, 1.807) is 0 Å². The topological polar surface area (TPSA) is 129 Å². The molecule has 0 spiro atoms. The molecule has 1 amide bonds. The second-order valence-electron chi connectivity index (χ2n) is 5.02. The Kier molecular flexibility index (Phi) is 3.93. The first-order valence-corrected chi connectivity index (χ1v) is 6.22. The highest BCUT2D eigenvalue weighted by Gasteiger charge is 2.49. The molecular weight excluding hydrogens is 254 g/mol. The number of carbonyl (C=O) groups is 1. The van der Waals surface area contributed by atoms with E-state index in [9.17, 15) is 15.0 Å². The fraction of sp³-hybridized carbons (Fsp3) is 0.818. The molecule has 108 valence electrons. The molecule has 2 heterocycles. The Morgan fingerprint density at radius 1 is 1.26 bits per heavy atom. The van der Waals surface area contributed by atoms with Gasteiger partial charge in [-0.15, -0.1) is 0 Å². The van der Waals surface area contributed by atoms with Crippen LogP contribution in [0.5, 0.6) is 0 Å². The van der Waals surface area contributed by atoms with Crippen LogP contribution in [0.3, 0.4) is 0 Å². The van der Waals surface area contributed by atoms with Crippen molar-refractivity contribution in [2.24, 2.45) is 16.3 Å². The van der Waals surface area contributed by atoms with Crippen LogP contribution in [0.1, 0.15) is 12.8 Å². The van der Waals surface area contributed by atoms with Crippen molar-refractivity contribution in [2.45, 2.75) is 25.0 Å². The van der Waals surface area contributed by atoms with Crippen LogP contribution >= 0.6 is 0 Å². The maximum atomic E-state index is 12.6. The van der Waals surface area contributed by atoms with E-state index in [0.29, 0.717) is 26.1 Å². The van der Waals surface area contributed by atoms with Crippen LogP contribution in [0, 0.1) is 5.41 Å². The van der Waals surface area contributed by atoms with Crippen LogP contribution in [0.25, 0.3) is 0 Å². The van der Waals surface area contributed by atoms with Crippen LogP contribution in [0.4, 0.5) is 0 Å². The minimum absolute atomic E-state index is 0.0569. The third-order valence-corrected chi connectivity index (χ3v) is 3.90. The normalized spacial score (nSPS) is 31.5. The fourth-order valence-electron chi connectivity index (χ4n) is 2.63. The summed E-state index contributed by atoms with van der Waals surface area (Å²) in [5, 5.41) is 30.9. The van der Waals surface area contributed by atoms with E-state index in [0.717, 1.165) is 0 Å². The lowest BCUT2D eigenvalue weighted by Crippen LogP contribution is -2.53. The molecule has 0 aromatic rings. The molecule has 2 saturated heterocycles. The zero-order valence-corrected chi connectivity index (χ0v) is 10.5. The third kappa shape index (κ3) is 2.38. The van der Waals surface area contributed by atoms with Gasteiger partial charge in [0.2, 0.25) is 5.91 Å². The molecule has 8 heteroatoms. The molecule has 2 unspecified atom stereocenters. The van der Waals surface area contributed by atoms with Gasteiger partial charge in [0.05, 0.1) is 12.2 Å². The third-order valence-electron chi connectivity index (χ3n) is 3.90. The second kappa shape index (κ2) is 5.32. The van der Waals surface area contributed by atoms with Gasteiger partial charge in [0.1, 0.15) is 5.41 Å². The summed E-state index contributed by atoms with van der Waals surface area (Å²) in [6.45, 7) is 0.810. The lowest BCUT2D eigenvalue weighted by atomic mass is 9.77. The number of carbonyl (C=O) groups excluding carboxylic acids is 1. The maximum absolute atomic E-state index is 12.6. The van der Waals surface area contributed by atoms with Crippen molar-refractivity contribution in [3.05, 3.63) is 0 Å². The molecule has 0 aliphatic carbocycles. The summed E-state index contributed by atoms with van der Waals surface area (Å²) >= 11 is 0. The van der Waals surface area contributed by atoms with Crippen molar-refractivity contribution >= 4 is 11.7 Å². The largest absolute Gasteiger partial charge is 0.409 e. The Hall–Kier alpha value is -1.38. The van der Waals surface area contributed by atoms with E-state index in [1.165, 1.54) is 4.90 Å². The average molecular weight is 273 g/mol. The van der Waals surface area contributed by atoms with Gasteiger partial charge in [-0.2, -0.15) is 0 Å². The van der Waals surface area contributed by atoms with E-state index in [-0.39, 0.29) is 24.8 Å². The number of amidine groups is 1. The number of hydrogen-bond acceptors (Lipinski definition) is 6. The van der Waals surface area contributed by atoms with Crippen molar-refractivity contribution in [2.75, 3.05) is 26.3 Å². The smallest absolute Gasteiger partial charge is 0.236 e. The molecule has 2 atom stereocenters. The Balaban J connectivity index is 2.22. The van der Waals surface area contributed by atoms with Gasteiger partial charge in [-0.05, 0) is 12.8 Å². The molecule has 2 aliphatic heterocycles. The number of ether oxygens (including phenoxy) is 1. The molecule has 2 fully saturated rings. The number of rotatable bonds is 2. The number of oxime groups is 1. The van der Waals surface area contributed by atoms with Crippen molar-refractivity contribution in [1.29, 1.82) is 0 Å². The molecule has 2 aliphatic rings. The van der Waals surface area contributed by atoms with E-state index >= 15 is 0 Å². The Bertz CT molecular complexity index is 371. The molecule has 0 aromatic heterocycles. The van der Waals surface area contributed by atoms with E-state index < -0.39 is 17.6 Å². The molecule has 5 N–H and O–H groups in total. The van der Waals surface area contributed by atoms with Crippen LogP contribution in [-0.2, 0) is 9.53 Å². The molecule has 0 aromatic carbocycles. The highest BCUT2D eigenvalue weighted by atomic mass is 16.5. The monoisotopic (exact) mass is 273 g/mol. The summed E-state index contributed by atoms with van der Waals surface area (Å²) in [5.41, 5.74) is 4.59. The van der Waals surface area contributed by atoms with Crippen LogP contribution in [-0.4, -0.2) is 70.6 Å². The van der Waals surface area contributed by atoms with Gasteiger partial charge in [-0.1, -0.05) is 5.16 Å². The molecule has 0 saturated carbocycles. The van der Waals surface area contributed by atoms with E-state index in [1.807, 2.05) is 0 Å². The minimum Gasteiger partial charge on any atom is -0.409 e. The highest BCUT2D eigenvalue weighted by Crippen LogP contribution is 2.34. The summed E-state index contributed by atoms with van der Waals surface area (Å²) in [7, 11) is 0. The fourth-order valence-corrected chi connectivity index (χ4v) is 2.63. The van der Waals surface area contributed by atoms with Gasteiger partial charge >= 0.3 is 0 Å². The first kappa shape index (κ1) is 14.0. The number of aliphatic hydroxyl groups excluding tert-OH is 2. The molecular formula is C11H19N3O5. The van der Waals surface area contributed by atoms with Crippen LogP contribution < -0.4 is 5.73 Å². The van der Waals surface area contributed by atoms with Gasteiger partial charge in [0.25, 0.3) is 0 Å². The summed E-state index contributed by atoms with van der Waals surface area (Å²) < 4.78 is 5.21. The Morgan fingerprint density at radius 3 is 2.26 bits per heavy atom. The number of hydrogen-bond donors (Lipinski definition) is 4. The average Bonchev–Trinajstić information content (AvgIpc) is 2.77. The Morgan fingerprint density at radius 2 is 1.79 bits per heavy atom. The summed E-state index contributed by atoms with van der Waals surface area (Å²) in [6, 6.07) is 0. The number of aliphatic hydroxyl groups is 2. The summed E-state index contributed by atoms with van der Waals surface area (Å²) in [6.07, 6.45) is -1.25. The number of likely N-dealkylation sites (tertiary alicyclic amines) is 1. The number of nitrogens with two attached hydrogens (primary N) is 1. The van der Waals surface area contributed by atoms with Crippen LogP contribution in [0.15, 0.2) is 5.16 Å². The van der Waals surface area contributed by atoms with Crippen LogP contribution in [0.2, 0.25) is 0 Å².